The van der Waals surface area contributed by atoms with Crippen LogP contribution in [0.4, 0.5) is 4.39 Å². The van der Waals surface area contributed by atoms with Crippen LogP contribution in [0.2, 0.25) is 0 Å². The van der Waals surface area contributed by atoms with Gasteiger partial charge in [-0.15, -0.1) is 0 Å². The molecule has 1 N–H and O–H groups in total. The van der Waals surface area contributed by atoms with Gasteiger partial charge < -0.3 is 15.0 Å². The van der Waals surface area contributed by atoms with Gasteiger partial charge in [-0.2, -0.15) is 0 Å². The van der Waals surface area contributed by atoms with E-state index < -0.39 is 17.8 Å². The van der Waals surface area contributed by atoms with E-state index in [1.165, 1.54) is 11.0 Å². The molecule has 0 aliphatic heterocycles. The van der Waals surface area contributed by atoms with Crippen LogP contribution < -0.4 is 10.1 Å². The maximum Gasteiger partial charge on any atom is 0.261 e. The van der Waals surface area contributed by atoms with Crippen molar-refractivity contribution in [2.75, 3.05) is 6.61 Å². The third-order valence-electron chi connectivity index (χ3n) is 5.65. The minimum absolute atomic E-state index is 0.0323. The summed E-state index contributed by atoms with van der Waals surface area (Å²) in [4.78, 5) is 27.3. The van der Waals surface area contributed by atoms with Crippen molar-refractivity contribution in [1.82, 2.24) is 10.2 Å². The van der Waals surface area contributed by atoms with E-state index in [9.17, 15) is 14.0 Å². The lowest BCUT2D eigenvalue weighted by Crippen LogP contribution is -2.50. The lowest BCUT2D eigenvalue weighted by atomic mass is 10.1. The van der Waals surface area contributed by atoms with Crippen molar-refractivity contribution in [2.45, 2.75) is 45.8 Å². The number of nitrogens with zero attached hydrogens (tertiary/aromatic N) is 1. The molecule has 0 bridgehead atoms. The van der Waals surface area contributed by atoms with Gasteiger partial charge in [0, 0.05) is 18.2 Å². The number of halogens is 2. The number of hydrogen-bond acceptors (Lipinski definition) is 3. The van der Waals surface area contributed by atoms with E-state index in [-0.39, 0.29) is 25.1 Å². The number of carbonyl (C=O) groups excluding carboxylic acids is 2. The number of rotatable bonds is 9. The third kappa shape index (κ3) is 6.11. The second-order valence-corrected chi connectivity index (χ2v) is 8.79. The normalized spacial score (nSPS) is 12.8. The highest BCUT2D eigenvalue weighted by atomic mass is 79.9. The smallest absolute Gasteiger partial charge is 0.261 e. The standard InChI is InChI=1S/C26H28BrFN2O3/c1-4-17(2)29-26(32)18(3)30(15-20-10-6-8-12-22(20)28)24(31)16-33-23-14-13-19-9-5-7-11-21(19)25(23)27/h5-14,17-18H,4,15-16H2,1-3H3,(H,29,32)/t17-,18+/m1/s1. The molecule has 33 heavy (non-hydrogen) atoms. The quantitative estimate of drug-likeness (QED) is 0.412. The molecule has 0 aliphatic rings. The highest BCUT2D eigenvalue weighted by molar-refractivity contribution is 9.10. The third-order valence-corrected chi connectivity index (χ3v) is 6.46. The van der Waals surface area contributed by atoms with Gasteiger partial charge in [-0.25, -0.2) is 4.39 Å². The van der Waals surface area contributed by atoms with Gasteiger partial charge >= 0.3 is 0 Å². The Morgan fingerprint density at radius 3 is 2.48 bits per heavy atom. The van der Waals surface area contributed by atoms with Crippen molar-refractivity contribution in [1.29, 1.82) is 0 Å². The SMILES string of the molecule is CC[C@@H](C)NC(=O)[C@H](C)N(Cc1ccccc1F)C(=O)COc1ccc2ccccc2c1Br. The van der Waals surface area contributed by atoms with Gasteiger partial charge in [0.15, 0.2) is 6.61 Å². The lowest BCUT2D eigenvalue weighted by molar-refractivity contribution is -0.142. The molecule has 0 aliphatic carbocycles. The molecular formula is C26H28BrFN2O3. The minimum atomic E-state index is -0.797. The molecule has 0 heterocycles. The van der Waals surface area contributed by atoms with E-state index >= 15 is 0 Å². The molecule has 0 spiro atoms. The molecule has 2 amide bonds. The summed E-state index contributed by atoms with van der Waals surface area (Å²) in [5.74, 6) is -0.612. The van der Waals surface area contributed by atoms with Gasteiger partial charge in [-0.1, -0.05) is 55.5 Å². The Hall–Kier alpha value is -2.93. The van der Waals surface area contributed by atoms with E-state index in [0.29, 0.717) is 11.3 Å². The molecule has 0 radical (unpaired) electrons. The molecule has 7 heteroatoms. The molecule has 0 unspecified atom stereocenters. The minimum Gasteiger partial charge on any atom is -0.483 e. The van der Waals surface area contributed by atoms with Crippen LogP contribution >= 0.6 is 15.9 Å². The number of fused-ring (bicyclic) bond motifs is 1. The molecule has 2 atom stereocenters. The zero-order valence-electron chi connectivity index (χ0n) is 19.0. The molecular weight excluding hydrogens is 487 g/mol. The number of ether oxygens (including phenoxy) is 1. The summed E-state index contributed by atoms with van der Waals surface area (Å²) in [6.07, 6.45) is 0.763. The molecule has 0 saturated heterocycles. The Morgan fingerprint density at radius 1 is 1.06 bits per heavy atom. The van der Waals surface area contributed by atoms with Gasteiger partial charge in [0.25, 0.3) is 5.91 Å². The van der Waals surface area contributed by atoms with Crippen molar-refractivity contribution in [3.05, 3.63) is 76.5 Å². The average molecular weight is 515 g/mol. The molecule has 3 aromatic carbocycles. The first-order chi connectivity index (χ1) is 15.8. The van der Waals surface area contributed by atoms with Gasteiger partial charge in [0.2, 0.25) is 5.91 Å². The first kappa shape index (κ1) is 24.7. The largest absolute Gasteiger partial charge is 0.483 e. The van der Waals surface area contributed by atoms with Crippen LogP contribution in [0.5, 0.6) is 5.75 Å². The van der Waals surface area contributed by atoms with Crippen LogP contribution in [-0.4, -0.2) is 35.4 Å². The zero-order chi connectivity index (χ0) is 24.0. The summed E-state index contributed by atoms with van der Waals surface area (Å²) in [5.41, 5.74) is 0.334. The van der Waals surface area contributed by atoms with Gasteiger partial charge in [-0.3, -0.25) is 9.59 Å². The summed E-state index contributed by atoms with van der Waals surface area (Å²) in [7, 11) is 0. The molecule has 3 rings (SSSR count). The summed E-state index contributed by atoms with van der Waals surface area (Å²) in [5, 5.41) is 4.90. The van der Waals surface area contributed by atoms with E-state index in [1.54, 1.807) is 31.2 Å². The molecule has 0 aromatic heterocycles. The summed E-state index contributed by atoms with van der Waals surface area (Å²) >= 11 is 3.56. The monoisotopic (exact) mass is 514 g/mol. The Bertz CT molecular complexity index is 1140. The Kier molecular flexibility index (Phi) is 8.44. The fourth-order valence-electron chi connectivity index (χ4n) is 3.41. The second-order valence-electron chi connectivity index (χ2n) is 7.99. The summed E-state index contributed by atoms with van der Waals surface area (Å²) in [6, 6.07) is 16.9. The van der Waals surface area contributed by atoms with Crippen molar-refractivity contribution >= 4 is 38.5 Å². The van der Waals surface area contributed by atoms with Crippen LogP contribution in [0.3, 0.4) is 0 Å². The van der Waals surface area contributed by atoms with Crippen molar-refractivity contribution in [2.24, 2.45) is 0 Å². The Balaban J connectivity index is 1.80. The number of benzene rings is 3. The second kappa shape index (κ2) is 11.3. The predicted octanol–water partition coefficient (Wildman–Crippen LogP) is 5.45. The van der Waals surface area contributed by atoms with Gasteiger partial charge in [-0.05, 0) is 59.1 Å². The molecule has 3 aromatic rings. The van der Waals surface area contributed by atoms with Crippen LogP contribution in [0.15, 0.2) is 65.1 Å². The fourth-order valence-corrected chi connectivity index (χ4v) is 4.01. The van der Waals surface area contributed by atoms with Gasteiger partial charge in [0.05, 0.1) is 4.47 Å². The van der Waals surface area contributed by atoms with Crippen molar-refractivity contribution < 1.29 is 18.7 Å². The Labute approximate surface area is 202 Å². The molecule has 0 saturated carbocycles. The predicted molar refractivity (Wildman–Crippen MR) is 131 cm³/mol. The lowest BCUT2D eigenvalue weighted by Gasteiger charge is -2.29. The zero-order valence-corrected chi connectivity index (χ0v) is 20.6. The maximum absolute atomic E-state index is 14.3. The maximum atomic E-state index is 14.3. The van der Waals surface area contributed by atoms with Crippen LogP contribution in [-0.2, 0) is 16.1 Å². The number of amides is 2. The highest BCUT2D eigenvalue weighted by Gasteiger charge is 2.28. The van der Waals surface area contributed by atoms with Crippen LogP contribution in [0, 0.1) is 5.82 Å². The first-order valence-corrected chi connectivity index (χ1v) is 11.7. The number of nitrogens with one attached hydrogen (secondary N) is 1. The summed E-state index contributed by atoms with van der Waals surface area (Å²) < 4.78 is 20.9. The van der Waals surface area contributed by atoms with Crippen LogP contribution in [0.1, 0.15) is 32.8 Å². The topological polar surface area (TPSA) is 58.6 Å². The highest BCUT2D eigenvalue weighted by Crippen LogP contribution is 2.33. The first-order valence-electron chi connectivity index (χ1n) is 10.9. The van der Waals surface area contributed by atoms with Crippen molar-refractivity contribution in [3.8, 4) is 5.75 Å². The van der Waals surface area contributed by atoms with Gasteiger partial charge in [0.1, 0.15) is 17.6 Å². The summed E-state index contributed by atoms with van der Waals surface area (Å²) in [6.45, 7) is 5.18. The van der Waals surface area contributed by atoms with Crippen molar-refractivity contribution in [3.63, 3.8) is 0 Å². The molecule has 5 nitrogen and oxygen atoms in total. The van der Waals surface area contributed by atoms with E-state index in [1.807, 2.05) is 44.2 Å². The number of carbonyl (C=O) groups is 2. The molecule has 0 fully saturated rings. The molecule has 174 valence electrons. The van der Waals surface area contributed by atoms with E-state index in [4.69, 9.17) is 4.74 Å². The van der Waals surface area contributed by atoms with E-state index in [0.717, 1.165) is 21.7 Å². The average Bonchev–Trinajstić information content (AvgIpc) is 2.82. The Morgan fingerprint density at radius 2 is 1.76 bits per heavy atom. The number of hydrogen-bond donors (Lipinski definition) is 1. The van der Waals surface area contributed by atoms with E-state index in [2.05, 4.69) is 21.2 Å². The van der Waals surface area contributed by atoms with Crippen LogP contribution in [0.25, 0.3) is 10.8 Å². The fraction of sp³-hybridized carbons (Fsp3) is 0.308.